The van der Waals surface area contributed by atoms with E-state index in [2.05, 4.69) is 28.2 Å². The average Bonchev–Trinajstić information content (AvgIpc) is 2.46. The highest BCUT2D eigenvalue weighted by Crippen LogP contribution is 2.11. The monoisotopic (exact) mass is 232 g/mol. The summed E-state index contributed by atoms with van der Waals surface area (Å²) in [5, 5.41) is 0. The van der Waals surface area contributed by atoms with E-state index < -0.39 is 0 Å². The second-order valence-corrected chi connectivity index (χ2v) is 4.02. The van der Waals surface area contributed by atoms with E-state index in [0.29, 0.717) is 0 Å². The van der Waals surface area contributed by atoms with Gasteiger partial charge < -0.3 is 0 Å². The molecule has 0 amide bonds. The van der Waals surface area contributed by atoms with Crippen LogP contribution in [0.4, 0.5) is 0 Å². The molecule has 3 aromatic rings. The van der Waals surface area contributed by atoms with Crippen LogP contribution in [-0.2, 0) is 0 Å². The van der Waals surface area contributed by atoms with Crippen LogP contribution in [0.2, 0.25) is 0 Å². The number of pyridine rings is 2. The van der Waals surface area contributed by atoms with Gasteiger partial charge in [-0.2, -0.15) is 0 Å². The molecule has 0 aliphatic carbocycles. The molecule has 2 nitrogen and oxygen atoms in total. The Hall–Kier alpha value is -2.48. The summed E-state index contributed by atoms with van der Waals surface area (Å²) >= 11 is 0. The summed E-state index contributed by atoms with van der Waals surface area (Å²) in [7, 11) is 0. The van der Waals surface area contributed by atoms with Crippen molar-refractivity contribution in [3.63, 3.8) is 0 Å². The highest BCUT2D eigenvalue weighted by atomic mass is 14.7. The number of fused-ring (bicyclic) bond motifs is 1. The lowest BCUT2D eigenvalue weighted by Crippen LogP contribution is -1.84. The third-order valence-electron chi connectivity index (χ3n) is 2.72. The molecule has 3 rings (SSSR count). The molecule has 18 heavy (non-hydrogen) atoms. The van der Waals surface area contributed by atoms with E-state index in [4.69, 9.17) is 0 Å². The smallest absolute Gasteiger partial charge is 0.0893 e. The normalized spacial score (nSPS) is 11.1. The van der Waals surface area contributed by atoms with Crippen LogP contribution < -0.4 is 0 Å². The third-order valence-corrected chi connectivity index (χ3v) is 2.72. The van der Waals surface area contributed by atoms with Crippen molar-refractivity contribution >= 4 is 23.2 Å². The molecular formula is C16H12N2. The van der Waals surface area contributed by atoms with Crippen molar-refractivity contribution < 1.29 is 0 Å². The van der Waals surface area contributed by atoms with Gasteiger partial charge in [-0.3, -0.25) is 4.98 Å². The predicted molar refractivity (Wildman–Crippen MR) is 74.9 cm³/mol. The van der Waals surface area contributed by atoms with Gasteiger partial charge in [0.25, 0.3) is 0 Å². The summed E-state index contributed by atoms with van der Waals surface area (Å²) in [5.74, 6) is 0. The molecule has 0 N–H and O–H groups in total. The van der Waals surface area contributed by atoms with Crippen LogP contribution in [0.25, 0.3) is 23.2 Å². The molecule has 86 valence electrons. The fourth-order valence-corrected chi connectivity index (χ4v) is 1.81. The van der Waals surface area contributed by atoms with Crippen molar-refractivity contribution in [2.24, 2.45) is 0 Å². The fraction of sp³-hybridized carbons (Fsp3) is 0. The molecule has 1 aromatic carbocycles. The Labute approximate surface area is 106 Å². The lowest BCUT2D eigenvalue weighted by Gasteiger charge is -1.97. The number of nitrogens with zero attached hydrogens (tertiary/aromatic N) is 2. The van der Waals surface area contributed by atoms with Crippen LogP contribution >= 0.6 is 0 Å². The SMILES string of the molecule is C(=Cc1ccc2ncccc2n1)c1ccccc1. The van der Waals surface area contributed by atoms with Gasteiger partial charge in [-0.1, -0.05) is 36.4 Å². The molecule has 0 radical (unpaired) electrons. The maximum Gasteiger partial charge on any atom is 0.0893 e. The number of hydrogen-bond donors (Lipinski definition) is 0. The lowest BCUT2D eigenvalue weighted by atomic mass is 10.2. The molecule has 0 saturated heterocycles. The van der Waals surface area contributed by atoms with E-state index >= 15 is 0 Å². The Bertz CT molecular complexity index is 688. The summed E-state index contributed by atoms with van der Waals surface area (Å²) in [4.78, 5) is 8.79. The van der Waals surface area contributed by atoms with Crippen molar-refractivity contribution in [3.05, 3.63) is 72.1 Å². The van der Waals surface area contributed by atoms with Crippen LogP contribution in [0.3, 0.4) is 0 Å². The number of aromatic nitrogens is 2. The minimum atomic E-state index is 0.924. The summed E-state index contributed by atoms with van der Waals surface area (Å²) in [5.41, 5.74) is 3.96. The summed E-state index contributed by atoms with van der Waals surface area (Å²) < 4.78 is 0. The summed E-state index contributed by atoms with van der Waals surface area (Å²) in [6.07, 6.45) is 5.86. The van der Waals surface area contributed by atoms with Gasteiger partial charge in [-0.15, -0.1) is 0 Å². The van der Waals surface area contributed by atoms with Gasteiger partial charge >= 0.3 is 0 Å². The lowest BCUT2D eigenvalue weighted by molar-refractivity contribution is 1.32. The van der Waals surface area contributed by atoms with Crippen LogP contribution in [0.15, 0.2) is 60.8 Å². The molecule has 0 unspecified atom stereocenters. The minimum absolute atomic E-state index is 0.924. The first-order valence-corrected chi connectivity index (χ1v) is 5.87. The first-order valence-electron chi connectivity index (χ1n) is 5.87. The van der Waals surface area contributed by atoms with Crippen molar-refractivity contribution in [3.8, 4) is 0 Å². The first-order chi connectivity index (χ1) is 8.92. The maximum absolute atomic E-state index is 4.54. The topological polar surface area (TPSA) is 25.8 Å². The Morgan fingerprint density at radius 2 is 1.61 bits per heavy atom. The quantitative estimate of drug-likeness (QED) is 0.671. The molecule has 0 aliphatic rings. The highest BCUT2D eigenvalue weighted by molar-refractivity contribution is 5.77. The van der Waals surface area contributed by atoms with Gasteiger partial charge in [0.1, 0.15) is 0 Å². The van der Waals surface area contributed by atoms with Gasteiger partial charge in [0.15, 0.2) is 0 Å². The Kier molecular flexibility index (Phi) is 2.84. The van der Waals surface area contributed by atoms with E-state index in [1.165, 1.54) is 5.56 Å². The molecule has 0 atom stereocenters. The third kappa shape index (κ3) is 2.28. The zero-order valence-electron chi connectivity index (χ0n) is 9.82. The number of rotatable bonds is 2. The van der Waals surface area contributed by atoms with E-state index in [-0.39, 0.29) is 0 Å². The van der Waals surface area contributed by atoms with E-state index in [9.17, 15) is 0 Å². The van der Waals surface area contributed by atoms with Gasteiger partial charge in [0, 0.05) is 6.20 Å². The Morgan fingerprint density at radius 3 is 2.50 bits per heavy atom. The zero-order valence-corrected chi connectivity index (χ0v) is 9.82. The van der Waals surface area contributed by atoms with E-state index in [1.807, 2.05) is 48.5 Å². The van der Waals surface area contributed by atoms with Gasteiger partial charge in [-0.05, 0) is 35.9 Å². The molecule has 2 heterocycles. The molecule has 2 aromatic heterocycles. The average molecular weight is 232 g/mol. The summed E-state index contributed by atoms with van der Waals surface area (Å²) in [6.45, 7) is 0. The largest absolute Gasteiger partial charge is 0.255 e. The molecule has 2 heteroatoms. The predicted octanol–water partition coefficient (Wildman–Crippen LogP) is 3.80. The Balaban J connectivity index is 1.93. The second-order valence-electron chi connectivity index (χ2n) is 4.02. The minimum Gasteiger partial charge on any atom is -0.255 e. The molecule has 0 bridgehead atoms. The van der Waals surface area contributed by atoms with Crippen molar-refractivity contribution in [1.82, 2.24) is 9.97 Å². The zero-order chi connectivity index (χ0) is 12.2. The number of benzene rings is 1. The number of hydrogen-bond acceptors (Lipinski definition) is 2. The van der Waals surface area contributed by atoms with Crippen molar-refractivity contribution in [1.29, 1.82) is 0 Å². The standard InChI is InChI=1S/C16H12N2/c1-2-5-13(6-3-1)8-9-14-10-11-15-16(18-14)7-4-12-17-15/h1-12H. The molecule has 0 fully saturated rings. The Morgan fingerprint density at radius 1 is 0.722 bits per heavy atom. The van der Waals surface area contributed by atoms with E-state index in [1.54, 1.807) is 6.20 Å². The van der Waals surface area contributed by atoms with Crippen LogP contribution in [0, 0.1) is 0 Å². The maximum atomic E-state index is 4.54. The van der Waals surface area contributed by atoms with Gasteiger partial charge in [-0.25, -0.2) is 4.98 Å². The molecular weight excluding hydrogens is 220 g/mol. The second kappa shape index (κ2) is 4.80. The fourth-order valence-electron chi connectivity index (χ4n) is 1.81. The molecule has 0 spiro atoms. The first kappa shape index (κ1) is 10.7. The summed E-state index contributed by atoms with van der Waals surface area (Å²) in [6, 6.07) is 18.0. The van der Waals surface area contributed by atoms with Crippen molar-refractivity contribution in [2.75, 3.05) is 0 Å². The van der Waals surface area contributed by atoms with Crippen LogP contribution in [0.5, 0.6) is 0 Å². The van der Waals surface area contributed by atoms with Crippen LogP contribution in [0.1, 0.15) is 11.3 Å². The van der Waals surface area contributed by atoms with Crippen molar-refractivity contribution in [2.45, 2.75) is 0 Å². The molecule has 0 aliphatic heterocycles. The highest BCUT2D eigenvalue weighted by Gasteiger charge is 1.95. The van der Waals surface area contributed by atoms with Gasteiger partial charge in [0.2, 0.25) is 0 Å². The van der Waals surface area contributed by atoms with Crippen LogP contribution in [-0.4, -0.2) is 9.97 Å². The van der Waals surface area contributed by atoms with E-state index in [0.717, 1.165) is 16.7 Å². The molecule has 0 saturated carbocycles. The van der Waals surface area contributed by atoms with Gasteiger partial charge in [0.05, 0.1) is 16.7 Å².